The second-order valence-electron chi connectivity index (χ2n) is 4.89. The van der Waals surface area contributed by atoms with Gasteiger partial charge in [-0.15, -0.1) is 0 Å². The number of carbonyl (C=O) groups excluding carboxylic acids is 1. The first-order valence-corrected chi connectivity index (χ1v) is 6.72. The Hall–Kier alpha value is -0.610. The molecule has 0 aromatic carbocycles. The smallest absolute Gasteiger partial charge is 0.228 e. The molecule has 4 heteroatoms. The highest BCUT2D eigenvalue weighted by Gasteiger charge is 2.36. The normalized spacial score (nSPS) is 19.0. The van der Waals surface area contributed by atoms with Crippen LogP contribution < -0.4 is 5.32 Å². The molecule has 0 atom stereocenters. The van der Waals surface area contributed by atoms with E-state index in [0.717, 1.165) is 32.5 Å². The Morgan fingerprint density at radius 2 is 2.00 bits per heavy atom. The Morgan fingerprint density at radius 1 is 1.35 bits per heavy atom. The standard InChI is InChI=1S/C13H26N2O2/c1-4-15(10-11-17-5-2)12(16)13(3)6-8-14-9-7-13/h14H,4-11H2,1-3H3. The Morgan fingerprint density at radius 3 is 2.53 bits per heavy atom. The number of hydrogen-bond donors (Lipinski definition) is 1. The zero-order valence-electron chi connectivity index (χ0n) is 11.4. The highest BCUT2D eigenvalue weighted by Crippen LogP contribution is 2.30. The van der Waals surface area contributed by atoms with Crippen molar-refractivity contribution in [3.8, 4) is 0 Å². The number of rotatable bonds is 6. The minimum atomic E-state index is -0.173. The summed E-state index contributed by atoms with van der Waals surface area (Å²) in [5.74, 6) is 0.293. The lowest BCUT2D eigenvalue weighted by molar-refractivity contribution is -0.143. The molecule has 1 heterocycles. The topological polar surface area (TPSA) is 41.6 Å². The van der Waals surface area contributed by atoms with Gasteiger partial charge in [0, 0.05) is 25.1 Å². The molecule has 1 amide bonds. The van der Waals surface area contributed by atoms with E-state index in [1.165, 1.54) is 0 Å². The minimum Gasteiger partial charge on any atom is -0.380 e. The second-order valence-corrected chi connectivity index (χ2v) is 4.89. The fourth-order valence-corrected chi connectivity index (χ4v) is 2.30. The fourth-order valence-electron chi connectivity index (χ4n) is 2.30. The van der Waals surface area contributed by atoms with E-state index >= 15 is 0 Å². The van der Waals surface area contributed by atoms with Crippen molar-refractivity contribution < 1.29 is 9.53 Å². The lowest BCUT2D eigenvalue weighted by Crippen LogP contribution is -2.48. The average Bonchev–Trinajstić information content (AvgIpc) is 2.35. The van der Waals surface area contributed by atoms with Crippen LogP contribution in [-0.4, -0.2) is 50.2 Å². The molecule has 0 unspecified atom stereocenters. The Kier molecular flexibility index (Phi) is 5.92. The number of amides is 1. The van der Waals surface area contributed by atoms with E-state index in [0.29, 0.717) is 25.7 Å². The number of nitrogens with one attached hydrogen (secondary N) is 1. The van der Waals surface area contributed by atoms with Gasteiger partial charge in [0.2, 0.25) is 5.91 Å². The van der Waals surface area contributed by atoms with Gasteiger partial charge in [0.15, 0.2) is 0 Å². The van der Waals surface area contributed by atoms with Crippen molar-refractivity contribution in [3.05, 3.63) is 0 Å². The molecule has 0 aliphatic carbocycles. The third-order valence-corrected chi connectivity index (χ3v) is 3.60. The van der Waals surface area contributed by atoms with E-state index < -0.39 is 0 Å². The Labute approximate surface area is 105 Å². The van der Waals surface area contributed by atoms with Crippen molar-refractivity contribution in [2.75, 3.05) is 39.4 Å². The number of hydrogen-bond acceptors (Lipinski definition) is 3. The van der Waals surface area contributed by atoms with Crippen LogP contribution in [0.3, 0.4) is 0 Å². The predicted octanol–water partition coefficient (Wildman–Crippen LogP) is 1.26. The molecule has 1 rings (SSSR count). The number of likely N-dealkylation sites (N-methyl/N-ethyl adjacent to an activating group) is 1. The average molecular weight is 242 g/mol. The van der Waals surface area contributed by atoms with E-state index in [1.807, 2.05) is 18.7 Å². The minimum absolute atomic E-state index is 0.173. The van der Waals surface area contributed by atoms with Crippen molar-refractivity contribution in [2.45, 2.75) is 33.6 Å². The molecule has 1 saturated heterocycles. The van der Waals surface area contributed by atoms with Gasteiger partial charge in [0.1, 0.15) is 0 Å². The molecule has 100 valence electrons. The fraction of sp³-hybridized carbons (Fsp3) is 0.923. The van der Waals surface area contributed by atoms with E-state index in [1.54, 1.807) is 0 Å². The molecule has 0 aromatic heterocycles. The third-order valence-electron chi connectivity index (χ3n) is 3.60. The van der Waals surface area contributed by atoms with Crippen LogP contribution in [0.25, 0.3) is 0 Å². The van der Waals surface area contributed by atoms with E-state index in [9.17, 15) is 4.79 Å². The molecule has 0 saturated carbocycles. The summed E-state index contributed by atoms with van der Waals surface area (Å²) in [6, 6.07) is 0. The molecule has 0 spiro atoms. The molecular formula is C13H26N2O2. The van der Waals surface area contributed by atoms with E-state index in [2.05, 4.69) is 12.2 Å². The molecule has 17 heavy (non-hydrogen) atoms. The predicted molar refractivity (Wildman–Crippen MR) is 69.0 cm³/mol. The van der Waals surface area contributed by atoms with Gasteiger partial charge in [-0.05, 0) is 39.8 Å². The molecule has 1 aliphatic heterocycles. The molecule has 4 nitrogen and oxygen atoms in total. The summed E-state index contributed by atoms with van der Waals surface area (Å²) in [6.07, 6.45) is 1.88. The van der Waals surface area contributed by atoms with Crippen LogP contribution in [0.4, 0.5) is 0 Å². The summed E-state index contributed by atoms with van der Waals surface area (Å²) in [7, 11) is 0. The molecule has 1 fully saturated rings. The summed E-state index contributed by atoms with van der Waals surface area (Å²) < 4.78 is 5.33. The number of carbonyl (C=O) groups is 1. The SMILES string of the molecule is CCOCCN(CC)C(=O)C1(C)CCNCC1. The Bertz CT molecular complexity index is 238. The first-order valence-electron chi connectivity index (χ1n) is 6.72. The lowest BCUT2D eigenvalue weighted by atomic mass is 9.79. The van der Waals surface area contributed by atoms with Crippen LogP contribution in [0.15, 0.2) is 0 Å². The van der Waals surface area contributed by atoms with Crippen LogP contribution in [0, 0.1) is 5.41 Å². The van der Waals surface area contributed by atoms with Gasteiger partial charge in [-0.3, -0.25) is 4.79 Å². The zero-order chi connectivity index (χ0) is 12.7. The van der Waals surface area contributed by atoms with Crippen molar-refractivity contribution >= 4 is 5.91 Å². The van der Waals surface area contributed by atoms with Crippen molar-refractivity contribution in [1.82, 2.24) is 10.2 Å². The maximum absolute atomic E-state index is 12.5. The highest BCUT2D eigenvalue weighted by atomic mass is 16.5. The second kappa shape index (κ2) is 6.97. The molecule has 0 bridgehead atoms. The number of piperidine rings is 1. The van der Waals surface area contributed by atoms with Gasteiger partial charge in [-0.25, -0.2) is 0 Å². The maximum atomic E-state index is 12.5. The summed E-state index contributed by atoms with van der Waals surface area (Å²) in [6.45, 7) is 10.9. The van der Waals surface area contributed by atoms with Gasteiger partial charge >= 0.3 is 0 Å². The summed E-state index contributed by atoms with van der Waals surface area (Å²) in [5, 5.41) is 3.31. The van der Waals surface area contributed by atoms with Gasteiger partial charge in [0.05, 0.1) is 6.61 Å². The number of nitrogens with zero attached hydrogens (tertiary/aromatic N) is 1. The zero-order valence-corrected chi connectivity index (χ0v) is 11.4. The molecule has 1 N–H and O–H groups in total. The largest absolute Gasteiger partial charge is 0.380 e. The first kappa shape index (κ1) is 14.5. The maximum Gasteiger partial charge on any atom is 0.228 e. The van der Waals surface area contributed by atoms with Crippen molar-refractivity contribution in [2.24, 2.45) is 5.41 Å². The van der Waals surface area contributed by atoms with Gasteiger partial charge in [0.25, 0.3) is 0 Å². The quantitative estimate of drug-likeness (QED) is 0.713. The van der Waals surface area contributed by atoms with Crippen LogP contribution >= 0.6 is 0 Å². The van der Waals surface area contributed by atoms with Gasteiger partial charge < -0.3 is 15.0 Å². The first-order chi connectivity index (χ1) is 8.14. The van der Waals surface area contributed by atoms with Crippen molar-refractivity contribution in [1.29, 1.82) is 0 Å². The summed E-state index contributed by atoms with van der Waals surface area (Å²) in [4.78, 5) is 14.4. The Balaban J connectivity index is 2.51. The summed E-state index contributed by atoms with van der Waals surface area (Å²) >= 11 is 0. The summed E-state index contributed by atoms with van der Waals surface area (Å²) in [5.41, 5.74) is -0.173. The van der Waals surface area contributed by atoms with Gasteiger partial charge in [-0.1, -0.05) is 6.92 Å². The third kappa shape index (κ3) is 3.96. The van der Waals surface area contributed by atoms with Gasteiger partial charge in [-0.2, -0.15) is 0 Å². The van der Waals surface area contributed by atoms with Crippen LogP contribution in [0.5, 0.6) is 0 Å². The molecule has 0 radical (unpaired) electrons. The molecular weight excluding hydrogens is 216 g/mol. The lowest BCUT2D eigenvalue weighted by Gasteiger charge is -2.37. The van der Waals surface area contributed by atoms with Crippen LogP contribution in [0.2, 0.25) is 0 Å². The highest BCUT2D eigenvalue weighted by molar-refractivity contribution is 5.82. The molecule has 1 aliphatic rings. The van der Waals surface area contributed by atoms with E-state index in [4.69, 9.17) is 4.74 Å². The van der Waals surface area contributed by atoms with E-state index in [-0.39, 0.29) is 5.41 Å². The van der Waals surface area contributed by atoms with Crippen LogP contribution in [-0.2, 0) is 9.53 Å². The number of ether oxygens (including phenoxy) is 1. The van der Waals surface area contributed by atoms with Crippen molar-refractivity contribution in [3.63, 3.8) is 0 Å². The molecule has 0 aromatic rings. The monoisotopic (exact) mass is 242 g/mol. The van der Waals surface area contributed by atoms with Crippen LogP contribution in [0.1, 0.15) is 33.6 Å².